The maximum atomic E-state index is 13.1. The van der Waals surface area contributed by atoms with Crippen molar-refractivity contribution in [3.05, 3.63) is 59.9 Å². The Kier molecular flexibility index (Phi) is 5.23. The third-order valence-electron chi connectivity index (χ3n) is 2.51. The topological polar surface area (TPSA) is 29.1 Å². The summed E-state index contributed by atoms with van der Waals surface area (Å²) >= 11 is 4.49. The van der Waals surface area contributed by atoms with E-state index in [4.69, 9.17) is 0 Å². The molecule has 0 heterocycles. The SMILES string of the molecule is CC(S)[Se]c1ccccc1C(=O)Nc1cccc(F)c1. The predicted octanol–water partition coefficient (Wildman–Crippen LogP) is 2.68. The fourth-order valence-electron chi connectivity index (χ4n) is 1.71. The van der Waals surface area contributed by atoms with Crippen LogP contribution in [-0.4, -0.2) is 25.0 Å². The van der Waals surface area contributed by atoms with E-state index < -0.39 is 0 Å². The molecule has 0 aliphatic carbocycles. The zero-order valence-corrected chi connectivity index (χ0v) is 13.4. The molecule has 2 aromatic carbocycles. The molecule has 1 unspecified atom stereocenters. The molecule has 0 saturated heterocycles. The summed E-state index contributed by atoms with van der Waals surface area (Å²) in [6.07, 6.45) is 0. The number of carbonyl (C=O) groups is 1. The summed E-state index contributed by atoms with van der Waals surface area (Å²) in [6, 6.07) is 13.3. The first-order valence-corrected chi connectivity index (χ1v) is 8.43. The Morgan fingerprint density at radius 2 is 2.00 bits per heavy atom. The first-order chi connectivity index (χ1) is 9.56. The van der Waals surface area contributed by atoms with Crippen LogP contribution in [0.1, 0.15) is 17.3 Å². The molecule has 2 rings (SSSR count). The number of amides is 1. The van der Waals surface area contributed by atoms with Gasteiger partial charge in [0.15, 0.2) is 0 Å². The maximum absolute atomic E-state index is 13.1. The van der Waals surface area contributed by atoms with Crippen molar-refractivity contribution >= 4 is 43.6 Å². The van der Waals surface area contributed by atoms with Gasteiger partial charge >= 0.3 is 129 Å². The van der Waals surface area contributed by atoms with Gasteiger partial charge in [0.1, 0.15) is 0 Å². The molecule has 0 bridgehead atoms. The van der Waals surface area contributed by atoms with Crippen LogP contribution >= 0.6 is 12.6 Å². The molecular formula is C15H14FNOSSe. The minimum atomic E-state index is -0.371. The van der Waals surface area contributed by atoms with Crippen molar-refractivity contribution in [2.45, 2.75) is 11.1 Å². The van der Waals surface area contributed by atoms with Crippen molar-refractivity contribution in [2.24, 2.45) is 0 Å². The van der Waals surface area contributed by atoms with Crippen LogP contribution in [0.25, 0.3) is 0 Å². The van der Waals surface area contributed by atoms with E-state index in [0.29, 0.717) is 11.3 Å². The molecule has 1 N–H and O–H groups in total. The number of benzene rings is 2. The van der Waals surface area contributed by atoms with E-state index in [9.17, 15) is 9.18 Å². The predicted molar refractivity (Wildman–Crippen MR) is 84.6 cm³/mol. The average Bonchev–Trinajstić information content (AvgIpc) is 2.38. The number of nitrogens with one attached hydrogen (secondary N) is 1. The summed E-state index contributed by atoms with van der Waals surface area (Å²) in [5, 5.41) is 2.72. The van der Waals surface area contributed by atoms with E-state index in [0.717, 1.165) is 4.46 Å². The van der Waals surface area contributed by atoms with Gasteiger partial charge in [-0.05, 0) is 0 Å². The molecule has 5 heteroatoms. The fourth-order valence-corrected chi connectivity index (χ4v) is 4.00. The van der Waals surface area contributed by atoms with Crippen LogP contribution in [0.4, 0.5) is 10.1 Å². The molecule has 2 aromatic rings. The number of anilines is 1. The van der Waals surface area contributed by atoms with Gasteiger partial charge in [-0.3, -0.25) is 0 Å². The van der Waals surface area contributed by atoms with Gasteiger partial charge in [-0.1, -0.05) is 0 Å². The van der Waals surface area contributed by atoms with Crippen molar-refractivity contribution in [1.82, 2.24) is 0 Å². The van der Waals surface area contributed by atoms with Gasteiger partial charge in [-0.2, -0.15) is 0 Å². The van der Waals surface area contributed by atoms with Crippen LogP contribution in [0.2, 0.25) is 0 Å². The van der Waals surface area contributed by atoms with E-state index in [-0.39, 0.29) is 30.8 Å². The molecule has 104 valence electrons. The number of thiol groups is 1. The van der Waals surface area contributed by atoms with Crippen molar-refractivity contribution in [2.75, 3.05) is 5.32 Å². The molecule has 0 spiro atoms. The number of hydrogen-bond donors (Lipinski definition) is 2. The molecule has 0 saturated carbocycles. The van der Waals surface area contributed by atoms with Gasteiger partial charge in [0.2, 0.25) is 0 Å². The van der Waals surface area contributed by atoms with E-state index in [1.807, 2.05) is 25.1 Å². The third-order valence-corrected chi connectivity index (χ3v) is 5.05. The van der Waals surface area contributed by atoms with Crippen LogP contribution in [-0.2, 0) is 0 Å². The van der Waals surface area contributed by atoms with Crippen molar-refractivity contribution < 1.29 is 9.18 Å². The van der Waals surface area contributed by atoms with Crippen LogP contribution in [0, 0.1) is 5.82 Å². The average molecular weight is 354 g/mol. The Morgan fingerprint density at radius 1 is 1.25 bits per heavy atom. The fraction of sp³-hybridized carbons (Fsp3) is 0.133. The summed E-state index contributed by atoms with van der Waals surface area (Å²) in [7, 11) is 0. The monoisotopic (exact) mass is 355 g/mol. The van der Waals surface area contributed by atoms with E-state index in [2.05, 4.69) is 17.9 Å². The Morgan fingerprint density at radius 3 is 2.70 bits per heavy atom. The number of rotatable bonds is 4. The van der Waals surface area contributed by atoms with Gasteiger partial charge < -0.3 is 0 Å². The zero-order valence-electron chi connectivity index (χ0n) is 10.8. The van der Waals surface area contributed by atoms with E-state index >= 15 is 0 Å². The third kappa shape index (κ3) is 4.10. The van der Waals surface area contributed by atoms with Crippen LogP contribution in [0.5, 0.6) is 0 Å². The summed E-state index contributed by atoms with van der Waals surface area (Å²) in [5.41, 5.74) is 1.08. The molecule has 0 aliphatic heterocycles. The summed E-state index contributed by atoms with van der Waals surface area (Å²) in [5.74, 6) is -0.591. The van der Waals surface area contributed by atoms with Crippen molar-refractivity contribution in [3.63, 3.8) is 0 Å². The van der Waals surface area contributed by atoms with Crippen LogP contribution in [0.15, 0.2) is 48.5 Å². The first kappa shape index (κ1) is 15.1. The Hall–Kier alpha value is -1.29. The molecule has 20 heavy (non-hydrogen) atoms. The molecule has 0 aliphatic rings. The molecule has 1 atom stereocenters. The normalized spacial score (nSPS) is 11.9. The molecule has 0 aromatic heterocycles. The second-order valence-electron chi connectivity index (χ2n) is 4.18. The Labute approximate surface area is 129 Å². The van der Waals surface area contributed by atoms with Gasteiger partial charge in [0.05, 0.1) is 0 Å². The van der Waals surface area contributed by atoms with Crippen molar-refractivity contribution in [3.8, 4) is 0 Å². The number of carbonyl (C=O) groups excluding carboxylic acids is 1. The minimum absolute atomic E-state index is 0.110. The van der Waals surface area contributed by atoms with Gasteiger partial charge in [0.25, 0.3) is 0 Å². The molecular weight excluding hydrogens is 340 g/mol. The first-order valence-electron chi connectivity index (χ1n) is 6.07. The summed E-state index contributed by atoms with van der Waals surface area (Å²) < 4.78 is 14.3. The molecule has 2 nitrogen and oxygen atoms in total. The number of hydrogen-bond acceptors (Lipinski definition) is 2. The van der Waals surface area contributed by atoms with E-state index in [1.165, 1.54) is 12.1 Å². The Balaban J connectivity index is 2.21. The number of halogens is 1. The Bertz CT molecular complexity index is 618. The zero-order chi connectivity index (χ0) is 14.5. The molecule has 0 radical (unpaired) electrons. The second-order valence-corrected chi connectivity index (χ2v) is 8.64. The van der Waals surface area contributed by atoms with Gasteiger partial charge in [-0.15, -0.1) is 0 Å². The van der Waals surface area contributed by atoms with Gasteiger partial charge in [0, 0.05) is 0 Å². The second kappa shape index (κ2) is 6.93. The quantitative estimate of drug-likeness (QED) is 0.642. The molecule has 0 fully saturated rings. The van der Waals surface area contributed by atoms with Crippen LogP contribution in [0.3, 0.4) is 0 Å². The van der Waals surface area contributed by atoms with Crippen molar-refractivity contribution in [1.29, 1.82) is 0 Å². The van der Waals surface area contributed by atoms with Crippen LogP contribution < -0.4 is 9.78 Å². The molecule has 1 amide bonds. The summed E-state index contributed by atoms with van der Waals surface area (Å²) in [4.78, 5) is 12.3. The summed E-state index contributed by atoms with van der Waals surface area (Å²) in [6.45, 7) is 2.00. The standard InChI is InChI=1S/C15H14FNOSSe/c1-10(19)20-14-8-3-2-7-13(14)15(18)17-12-6-4-5-11(16)9-12/h2-10,19H,1H3,(H,17,18). The van der Waals surface area contributed by atoms with E-state index in [1.54, 1.807) is 18.2 Å². The van der Waals surface area contributed by atoms with Gasteiger partial charge in [-0.25, -0.2) is 0 Å².